The smallest absolute Gasteiger partial charge is 0.574 e. The summed E-state index contributed by atoms with van der Waals surface area (Å²) in [7, 11) is 0. The summed E-state index contributed by atoms with van der Waals surface area (Å²) in [6, 6.07) is 0. The average molecular weight is 648 g/mol. The van der Waals surface area contributed by atoms with E-state index in [-0.39, 0.29) is 0 Å². The van der Waals surface area contributed by atoms with Crippen molar-refractivity contribution < 1.29 is 105 Å². The lowest BCUT2D eigenvalue weighted by Crippen LogP contribution is -2.37. The van der Waals surface area contributed by atoms with Crippen LogP contribution in [-0.2, 0) is 25.7 Å². The van der Waals surface area contributed by atoms with Crippen molar-refractivity contribution in [3.63, 3.8) is 0 Å². The van der Waals surface area contributed by atoms with Gasteiger partial charge in [0.15, 0.2) is 17.3 Å². The molecule has 0 spiro atoms. The van der Waals surface area contributed by atoms with Gasteiger partial charge in [-0.2, -0.15) is 79.0 Å². The Hall–Kier alpha value is -3.10. The van der Waals surface area contributed by atoms with Crippen LogP contribution >= 0.6 is 0 Å². The van der Waals surface area contributed by atoms with Crippen molar-refractivity contribution in [2.45, 2.75) is 37.1 Å². The van der Waals surface area contributed by atoms with Crippen molar-refractivity contribution in [2.75, 3.05) is 0 Å². The number of hydrogen-bond donors (Lipinski definition) is 0. The molecule has 25 heteroatoms. The minimum Gasteiger partial charge on any atom is -0.574 e. The number of halogens is 18. The van der Waals surface area contributed by atoms with Crippen LogP contribution in [0.25, 0.3) is 0 Å². The second kappa shape index (κ2) is 12.2. The van der Waals surface area contributed by atoms with Crippen LogP contribution in [0.3, 0.4) is 0 Å². The van der Waals surface area contributed by atoms with E-state index in [9.17, 15) is 93.4 Å². The molecule has 0 aromatic carbocycles. The first-order valence-electron chi connectivity index (χ1n) is 8.57. The summed E-state index contributed by atoms with van der Waals surface area (Å²) < 4.78 is 238. The van der Waals surface area contributed by atoms with Crippen LogP contribution < -0.4 is 0 Å². The Morgan fingerprint density at radius 3 is 0.675 bits per heavy atom. The van der Waals surface area contributed by atoms with E-state index in [0.29, 0.717) is 0 Å². The molecule has 0 aromatic heterocycles. The van der Waals surface area contributed by atoms with Crippen molar-refractivity contribution in [1.82, 2.24) is 0 Å². The lowest BCUT2D eigenvalue weighted by molar-refractivity contribution is -0.168. The second-order valence-corrected chi connectivity index (χ2v) is 7.53. The quantitative estimate of drug-likeness (QED) is 0.137. The molecule has 6 nitrogen and oxygen atoms in total. The fourth-order valence-electron chi connectivity index (χ4n) is 1.53. The average Bonchev–Trinajstić information content (AvgIpc) is 2.67. The standard InChI is InChI=1S/3C5H2F6O2.Al/c3*6-4(7,8)2(12)1-3(13)5(9,10)11;/h3*1,12H;/q;;;+3/p-3/b2*2-1-;;. The van der Waals surface area contributed by atoms with Gasteiger partial charge in [-0.3, -0.25) is 14.4 Å². The van der Waals surface area contributed by atoms with Crippen molar-refractivity contribution in [1.29, 1.82) is 0 Å². The predicted molar refractivity (Wildman–Crippen MR) is 84.6 cm³/mol. The molecule has 0 atom stereocenters. The van der Waals surface area contributed by atoms with Crippen LogP contribution in [0.5, 0.6) is 0 Å². The molecule has 0 saturated carbocycles. The Bertz CT molecular complexity index is 917. The monoisotopic (exact) mass is 648 g/mol. The van der Waals surface area contributed by atoms with Gasteiger partial charge in [0.2, 0.25) is 0 Å². The maximum atomic E-state index is 13.0. The van der Waals surface area contributed by atoms with Crippen LogP contribution in [0.2, 0.25) is 0 Å². The number of rotatable bonds is 9. The molecule has 0 aliphatic heterocycles. The third kappa shape index (κ3) is 12.4. The molecule has 0 amide bonds. The molecule has 0 radical (unpaired) electrons. The highest BCUT2D eigenvalue weighted by Gasteiger charge is 2.58. The Balaban J connectivity index is 7.14. The Labute approximate surface area is 210 Å². The summed E-state index contributed by atoms with van der Waals surface area (Å²) in [6.45, 7) is 0. The van der Waals surface area contributed by atoms with E-state index in [1.54, 1.807) is 0 Å². The highest BCUT2D eigenvalue weighted by molar-refractivity contribution is 6.38. The van der Waals surface area contributed by atoms with Gasteiger partial charge in [0.05, 0.1) is 0 Å². The van der Waals surface area contributed by atoms with Crippen LogP contribution in [0.1, 0.15) is 0 Å². The van der Waals surface area contributed by atoms with E-state index in [1.165, 1.54) is 0 Å². The summed E-state index contributed by atoms with van der Waals surface area (Å²) >= 11 is -6.47. The molecule has 0 rings (SSSR count). The van der Waals surface area contributed by atoms with Gasteiger partial charge in [-0.25, -0.2) is 0 Å². The van der Waals surface area contributed by atoms with Crippen LogP contribution in [-0.4, -0.2) is 69.6 Å². The predicted octanol–water partition coefficient (Wildman–Crippen LogP) is 5.75. The highest BCUT2D eigenvalue weighted by Crippen LogP contribution is 2.35. The Morgan fingerprint density at radius 1 is 0.375 bits per heavy atom. The zero-order chi connectivity index (χ0) is 32.3. The number of allylic oxidation sites excluding steroid dienone is 6. The number of alkyl halides is 18. The summed E-state index contributed by atoms with van der Waals surface area (Å²) in [4.78, 5) is 32.4. The molecule has 0 heterocycles. The number of carbonyl (C=O) groups is 3. The first-order chi connectivity index (χ1) is 17.4. The van der Waals surface area contributed by atoms with E-state index in [4.69, 9.17) is 0 Å². The minimum absolute atomic E-state index is 1.65. The molecule has 0 aliphatic carbocycles. The fraction of sp³-hybridized carbons (Fsp3) is 0.400. The van der Waals surface area contributed by atoms with Gasteiger partial charge in [0.1, 0.15) is 0 Å². The first kappa shape index (κ1) is 36.9. The molecule has 0 aromatic rings. The summed E-state index contributed by atoms with van der Waals surface area (Å²) in [5.74, 6) is -21.1. The number of hydrogen-bond acceptors (Lipinski definition) is 6. The maximum absolute atomic E-state index is 13.0. The molecule has 0 bridgehead atoms. The molecule has 0 unspecified atom stereocenters. The molecule has 0 fully saturated rings. The first-order valence-corrected chi connectivity index (χ1v) is 9.98. The third-order valence-corrected chi connectivity index (χ3v) is 4.47. The molecule has 0 saturated heterocycles. The van der Waals surface area contributed by atoms with Crippen molar-refractivity contribution >= 4 is 32.5 Å². The molecule has 0 aliphatic rings. The third-order valence-electron chi connectivity index (χ3n) is 3.13. The summed E-state index contributed by atoms with van der Waals surface area (Å²) in [5.41, 5.74) is 0. The Morgan fingerprint density at radius 2 is 0.550 bits per heavy atom. The van der Waals surface area contributed by atoms with Crippen LogP contribution in [0, 0.1) is 0 Å². The molecular weight excluding hydrogens is 645 g/mol. The van der Waals surface area contributed by atoms with Gasteiger partial charge < -0.3 is 11.4 Å². The van der Waals surface area contributed by atoms with Crippen LogP contribution in [0.15, 0.2) is 35.5 Å². The highest BCUT2D eigenvalue weighted by atomic mass is 27.3. The molecule has 0 N–H and O–H groups in total. The topological polar surface area (TPSA) is 78.9 Å². The van der Waals surface area contributed by atoms with Crippen molar-refractivity contribution in [2.24, 2.45) is 0 Å². The summed E-state index contributed by atoms with van der Waals surface area (Å²) in [6.07, 6.45) is -43.0. The Kier molecular flexibility index (Phi) is 11.2. The minimum atomic E-state index is -6.47. The lowest BCUT2D eigenvalue weighted by atomic mass is 10.3. The molecule has 40 heavy (non-hydrogen) atoms. The fourth-order valence-corrected chi connectivity index (χ4v) is 2.91. The lowest BCUT2D eigenvalue weighted by Gasteiger charge is -2.23. The van der Waals surface area contributed by atoms with Gasteiger partial charge in [0.25, 0.3) is 17.3 Å². The van der Waals surface area contributed by atoms with Gasteiger partial charge >= 0.3 is 52.2 Å². The van der Waals surface area contributed by atoms with Gasteiger partial charge in [-0.15, -0.1) is 0 Å². The van der Waals surface area contributed by atoms with E-state index < -0.39 is 105 Å². The second-order valence-electron chi connectivity index (χ2n) is 6.25. The van der Waals surface area contributed by atoms with Crippen molar-refractivity contribution in [3.05, 3.63) is 35.5 Å². The van der Waals surface area contributed by atoms with E-state index in [0.717, 1.165) is 0 Å². The molecular formula is C15H3AlF18O6. The number of ketones is 3. The molecule has 228 valence electrons. The normalized spacial score (nSPS) is 15.0. The zero-order valence-corrected chi connectivity index (χ0v) is 18.7. The largest absolute Gasteiger partial charge is 1.20 e. The maximum Gasteiger partial charge on any atom is 1.20 e. The van der Waals surface area contributed by atoms with Crippen LogP contribution in [0.4, 0.5) is 79.0 Å². The SMILES string of the molecule is O=C(C=C([O][Al]([O]/C(=C\C(=O)C(F)(F)F)C(F)(F)F)[O]/C(=C\C(=O)C(F)(F)F)C(F)(F)F)C(F)(F)F)C(F)(F)F. The van der Waals surface area contributed by atoms with E-state index >= 15 is 0 Å². The van der Waals surface area contributed by atoms with E-state index in [1.807, 2.05) is 0 Å². The number of carbonyl (C=O) groups excluding carboxylic acids is 3. The van der Waals surface area contributed by atoms with Gasteiger partial charge in [-0.1, -0.05) is 0 Å². The zero-order valence-electron chi connectivity index (χ0n) is 17.6. The van der Waals surface area contributed by atoms with Crippen molar-refractivity contribution in [3.8, 4) is 0 Å². The van der Waals surface area contributed by atoms with Gasteiger partial charge in [-0.05, 0) is 0 Å². The summed E-state index contributed by atoms with van der Waals surface area (Å²) in [5, 5.41) is 0. The van der Waals surface area contributed by atoms with E-state index in [2.05, 4.69) is 11.4 Å². The van der Waals surface area contributed by atoms with Gasteiger partial charge in [0, 0.05) is 18.2 Å².